The third-order valence-corrected chi connectivity index (χ3v) is 1.94. The zero-order chi connectivity index (χ0) is 12.2. The number of pyridine rings is 1. The Morgan fingerprint density at radius 3 is 2.62 bits per heavy atom. The molecular formula is C9H9ClF4N2. The van der Waals surface area contributed by atoms with Crippen molar-refractivity contribution in [3.8, 4) is 0 Å². The third kappa shape index (κ3) is 4.65. The predicted octanol–water partition coefficient (Wildman–Crippen LogP) is 3.63. The van der Waals surface area contributed by atoms with E-state index in [4.69, 9.17) is 11.6 Å². The summed E-state index contributed by atoms with van der Waals surface area (Å²) in [4.78, 5) is 3.61. The summed E-state index contributed by atoms with van der Waals surface area (Å²) < 4.78 is 48.4. The number of alkyl halides is 3. The Morgan fingerprint density at radius 2 is 2.06 bits per heavy atom. The number of rotatable bonds is 4. The highest BCUT2D eigenvalue weighted by atomic mass is 35.5. The Bertz CT molecular complexity index is 354. The van der Waals surface area contributed by atoms with Crippen molar-refractivity contribution in [2.24, 2.45) is 0 Å². The summed E-state index contributed by atoms with van der Waals surface area (Å²) in [5.74, 6) is -0.772. The van der Waals surface area contributed by atoms with Crippen LogP contribution >= 0.6 is 11.6 Å². The lowest BCUT2D eigenvalue weighted by atomic mass is 10.3. The number of halogens is 5. The van der Waals surface area contributed by atoms with Gasteiger partial charge in [-0.05, 0) is 12.5 Å². The smallest absolute Gasteiger partial charge is 0.368 e. The second-order valence-electron chi connectivity index (χ2n) is 3.13. The molecule has 90 valence electrons. The van der Waals surface area contributed by atoms with Crippen molar-refractivity contribution in [2.75, 3.05) is 11.9 Å². The van der Waals surface area contributed by atoms with Gasteiger partial charge in [-0.3, -0.25) is 0 Å². The fourth-order valence-electron chi connectivity index (χ4n) is 1.04. The molecule has 0 fully saturated rings. The lowest BCUT2D eigenvalue weighted by Crippen LogP contribution is -2.12. The van der Waals surface area contributed by atoms with Crippen LogP contribution in [0.4, 0.5) is 23.4 Å². The van der Waals surface area contributed by atoms with Crippen LogP contribution in [0, 0.1) is 5.82 Å². The summed E-state index contributed by atoms with van der Waals surface area (Å²) in [5, 5.41) is 2.61. The Hall–Kier alpha value is -1.04. The molecule has 0 aromatic carbocycles. The molecule has 0 radical (unpaired) electrons. The first-order valence-electron chi connectivity index (χ1n) is 4.50. The Morgan fingerprint density at radius 1 is 1.38 bits per heavy atom. The maximum Gasteiger partial charge on any atom is 0.389 e. The maximum atomic E-state index is 13.1. The summed E-state index contributed by atoms with van der Waals surface area (Å²) in [6.07, 6.45) is -4.01. The van der Waals surface area contributed by atoms with Crippen LogP contribution in [0.15, 0.2) is 12.3 Å². The van der Waals surface area contributed by atoms with Gasteiger partial charge in [0.1, 0.15) is 0 Å². The number of hydrogen-bond donors (Lipinski definition) is 1. The topological polar surface area (TPSA) is 24.9 Å². The number of nitrogens with zero attached hydrogens (tertiary/aromatic N) is 1. The highest BCUT2D eigenvalue weighted by molar-refractivity contribution is 6.30. The van der Waals surface area contributed by atoms with Crippen LogP contribution in [0.25, 0.3) is 0 Å². The van der Waals surface area contributed by atoms with Crippen molar-refractivity contribution >= 4 is 17.4 Å². The molecular weight excluding hydrogens is 248 g/mol. The predicted molar refractivity (Wildman–Crippen MR) is 53.0 cm³/mol. The molecule has 1 aromatic heterocycles. The highest BCUT2D eigenvalue weighted by Crippen LogP contribution is 2.21. The summed E-state index contributed by atoms with van der Waals surface area (Å²) in [6.45, 7) is 0.00502. The van der Waals surface area contributed by atoms with Gasteiger partial charge in [0.05, 0.1) is 5.02 Å². The van der Waals surface area contributed by atoms with Crippen LogP contribution in [0.1, 0.15) is 12.8 Å². The minimum absolute atomic E-state index is 0.00502. The number of hydrogen-bond acceptors (Lipinski definition) is 2. The molecule has 1 N–H and O–H groups in total. The van der Waals surface area contributed by atoms with Crippen LogP contribution in [0.3, 0.4) is 0 Å². The zero-order valence-corrected chi connectivity index (χ0v) is 8.87. The van der Waals surface area contributed by atoms with Crippen molar-refractivity contribution in [1.29, 1.82) is 0 Å². The van der Waals surface area contributed by atoms with E-state index >= 15 is 0 Å². The minimum Gasteiger partial charge on any atom is -0.368 e. The average Bonchev–Trinajstić information content (AvgIpc) is 2.13. The van der Waals surface area contributed by atoms with Crippen molar-refractivity contribution < 1.29 is 17.6 Å². The standard InChI is InChI=1S/C9H9ClF4N2/c10-6-4-7(11)8(16-5-6)15-3-1-2-9(12,13)14/h4-5H,1-3H2,(H,15,16). The van der Waals surface area contributed by atoms with Gasteiger partial charge < -0.3 is 5.32 Å². The van der Waals surface area contributed by atoms with E-state index in [-0.39, 0.29) is 23.8 Å². The first kappa shape index (κ1) is 13.0. The zero-order valence-electron chi connectivity index (χ0n) is 8.11. The highest BCUT2D eigenvalue weighted by Gasteiger charge is 2.25. The monoisotopic (exact) mass is 256 g/mol. The molecule has 0 aliphatic carbocycles. The molecule has 1 rings (SSSR count). The van der Waals surface area contributed by atoms with E-state index in [2.05, 4.69) is 10.3 Å². The van der Waals surface area contributed by atoms with Gasteiger partial charge >= 0.3 is 6.18 Å². The lowest BCUT2D eigenvalue weighted by Gasteiger charge is -2.08. The van der Waals surface area contributed by atoms with Gasteiger partial charge in [-0.2, -0.15) is 13.2 Å². The average molecular weight is 257 g/mol. The van der Waals surface area contributed by atoms with Crippen molar-refractivity contribution in [3.63, 3.8) is 0 Å². The van der Waals surface area contributed by atoms with E-state index in [1.165, 1.54) is 6.20 Å². The Kier molecular flexibility index (Phi) is 4.35. The van der Waals surface area contributed by atoms with Gasteiger partial charge in [-0.15, -0.1) is 0 Å². The molecule has 0 spiro atoms. The molecule has 7 heteroatoms. The van der Waals surface area contributed by atoms with Gasteiger partial charge in [0.2, 0.25) is 0 Å². The van der Waals surface area contributed by atoms with Crippen LogP contribution in [0.5, 0.6) is 0 Å². The first-order chi connectivity index (χ1) is 7.38. The van der Waals surface area contributed by atoms with Gasteiger partial charge in [0.25, 0.3) is 0 Å². The summed E-state index contributed by atoms with van der Waals surface area (Å²) in [7, 11) is 0. The molecule has 0 unspecified atom stereocenters. The van der Waals surface area contributed by atoms with Gasteiger partial charge in [0.15, 0.2) is 11.6 Å². The molecule has 0 aliphatic rings. The molecule has 1 aromatic rings. The molecule has 1 heterocycles. The number of aromatic nitrogens is 1. The van der Waals surface area contributed by atoms with Crippen LogP contribution in [-0.2, 0) is 0 Å². The van der Waals surface area contributed by atoms with Crippen LogP contribution in [-0.4, -0.2) is 17.7 Å². The Labute approximate surface area is 94.6 Å². The van der Waals surface area contributed by atoms with E-state index in [0.717, 1.165) is 6.07 Å². The summed E-state index contributed by atoms with van der Waals surface area (Å²) >= 11 is 5.46. The second kappa shape index (κ2) is 5.34. The van der Waals surface area contributed by atoms with E-state index in [1.807, 2.05) is 0 Å². The molecule has 16 heavy (non-hydrogen) atoms. The summed E-state index contributed by atoms with van der Waals surface area (Å²) in [5.41, 5.74) is 0. The van der Waals surface area contributed by atoms with Crippen LogP contribution < -0.4 is 5.32 Å². The maximum absolute atomic E-state index is 13.1. The van der Waals surface area contributed by atoms with Crippen molar-refractivity contribution in [3.05, 3.63) is 23.1 Å². The first-order valence-corrected chi connectivity index (χ1v) is 4.88. The van der Waals surface area contributed by atoms with Gasteiger partial charge in [-0.1, -0.05) is 11.6 Å². The minimum atomic E-state index is -4.19. The Balaban J connectivity index is 2.38. The molecule has 0 atom stereocenters. The third-order valence-electron chi connectivity index (χ3n) is 1.74. The van der Waals surface area contributed by atoms with E-state index in [9.17, 15) is 17.6 Å². The van der Waals surface area contributed by atoms with E-state index < -0.39 is 18.4 Å². The molecule has 0 bridgehead atoms. The normalized spacial score (nSPS) is 11.6. The number of nitrogens with one attached hydrogen (secondary N) is 1. The fourth-order valence-corrected chi connectivity index (χ4v) is 1.18. The fraction of sp³-hybridized carbons (Fsp3) is 0.444. The molecule has 0 amide bonds. The quantitative estimate of drug-likeness (QED) is 0.657. The van der Waals surface area contributed by atoms with Crippen LogP contribution in [0.2, 0.25) is 5.02 Å². The molecule has 0 saturated carbocycles. The summed E-state index contributed by atoms with van der Waals surface area (Å²) in [6, 6.07) is 1.04. The van der Waals surface area contributed by atoms with Gasteiger partial charge in [0, 0.05) is 19.2 Å². The second-order valence-corrected chi connectivity index (χ2v) is 3.57. The van der Waals surface area contributed by atoms with E-state index in [0.29, 0.717) is 0 Å². The molecule has 0 aliphatic heterocycles. The SMILES string of the molecule is Fc1cc(Cl)cnc1NCCCC(F)(F)F. The molecule has 0 saturated heterocycles. The largest absolute Gasteiger partial charge is 0.389 e. The van der Waals surface area contributed by atoms with Crippen molar-refractivity contribution in [1.82, 2.24) is 4.98 Å². The number of anilines is 1. The lowest BCUT2D eigenvalue weighted by molar-refractivity contribution is -0.134. The van der Waals surface area contributed by atoms with E-state index in [1.54, 1.807) is 0 Å². The van der Waals surface area contributed by atoms with Gasteiger partial charge in [-0.25, -0.2) is 9.37 Å². The molecule has 2 nitrogen and oxygen atoms in total. The van der Waals surface area contributed by atoms with Crippen molar-refractivity contribution in [2.45, 2.75) is 19.0 Å².